The Hall–Kier alpha value is -2.17. The Bertz CT molecular complexity index is 576. The number of ether oxygens (including phenoxy) is 2. The minimum Gasteiger partial charge on any atom is -0.489 e. The molecule has 19 heavy (non-hydrogen) atoms. The summed E-state index contributed by atoms with van der Waals surface area (Å²) in [6, 6.07) is 7.35. The van der Waals surface area contributed by atoms with Crippen molar-refractivity contribution in [1.29, 1.82) is 0 Å². The predicted octanol–water partition coefficient (Wildman–Crippen LogP) is 2.89. The average molecular weight is 261 g/mol. The summed E-state index contributed by atoms with van der Waals surface area (Å²) in [6.07, 6.45) is 0.0662. The molecule has 2 N–H and O–H groups in total. The molecule has 0 atom stereocenters. The van der Waals surface area contributed by atoms with Crippen molar-refractivity contribution in [3.05, 3.63) is 30.0 Å². The Morgan fingerprint density at radius 1 is 1.26 bits per heavy atom. The van der Waals surface area contributed by atoms with Crippen LogP contribution in [0, 0.1) is 6.92 Å². The van der Waals surface area contributed by atoms with Gasteiger partial charge in [-0.15, -0.1) is 0 Å². The fraction of sp³-hybridized carbons (Fsp3) is 0.357. The van der Waals surface area contributed by atoms with Crippen LogP contribution in [-0.4, -0.2) is 15.9 Å². The first-order valence-electron chi connectivity index (χ1n) is 6.21. The normalized spacial score (nSPS) is 10.8. The molecule has 5 nitrogen and oxygen atoms in total. The van der Waals surface area contributed by atoms with Crippen LogP contribution < -0.4 is 15.2 Å². The lowest BCUT2D eigenvalue weighted by Gasteiger charge is -2.14. The molecule has 0 amide bonds. The van der Waals surface area contributed by atoms with Crippen LogP contribution in [-0.2, 0) is 7.05 Å². The maximum atomic E-state index is 6.06. The first-order chi connectivity index (χ1) is 8.97. The van der Waals surface area contributed by atoms with Gasteiger partial charge in [-0.2, -0.15) is 5.10 Å². The summed E-state index contributed by atoms with van der Waals surface area (Å²) in [7, 11) is 1.83. The second kappa shape index (κ2) is 5.22. The third-order valence-corrected chi connectivity index (χ3v) is 2.56. The maximum Gasteiger partial charge on any atom is 0.217 e. The minimum atomic E-state index is 0.0662. The molecule has 102 valence electrons. The monoisotopic (exact) mass is 261 g/mol. The number of rotatable bonds is 4. The van der Waals surface area contributed by atoms with Gasteiger partial charge in [-0.05, 0) is 32.9 Å². The lowest BCUT2D eigenvalue weighted by molar-refractivity contribution is 0.243. The van der Waals surface area contributed by atoms with Crippen molar-refractivity contribution in [3.63, 3.8) is 0 Å². The molecule has 1 aromatic heterocycles. The van der Waals surface area contributed by atoms with E-state index in [0.29, 0.717) is 23.1 Å². The van der Waals surface area contributed by atoms with E-state index in [9.17, 15) is 0 Å². The molecular formula is C14H19N3O2. The second-order valence-corrected chi connectivity index (χ2v) is 4.68. The number of aryl methyl sites for hydroxylation is 2. The lowest BCUT2D eigenvalue weighted by atomic mass is 10.2. The number of nitrogens with two attached hydrogens (primary N) is 1. The van der Waals surface area contributed by atoms with E-state index in [1.807, 2.05) is 52.1 Å². The number of hydrogen-bond acceptors (Lipinski definition) is 4. The van der Waals surface area contributed by atoms with Crippen LogP contribution in [0.25, 0.3) is 0 Å². The van der Waals surface area contributed by atoms with Crippen LogP contribution in [0.3, 0.4) is 0 Å². The van der Waals surface area contributed by atoms with Crippen molar-refractivity contribution in [2.45, 2.75) is 26.9 Å². The van der Waals surface area contributed by atoms with Gasteiger partial charge in [0.15, 0.2) is 5.75 Å². The molecule has 0 fully saturated rings. The first-order valence-corrected chi connectivity index (χ1v) is 6.21. The lowest BCUT2D eigenvalue weighted by Crippen LogP contribution is -2.08. The number of benzene rings is 1. The molecule has 0 saturated carbocycles. The Balaban J connectivity index is 2.28. The molecule has 0 aliphatic carbocycles. The topological polar surface area (TPSA) is 62.3 Å². The van der Waals surface area contributed by atoms with E-state index >= 15 is 0 Å². The van der Waals surface area contributed by atoms with E-state index in [4.69, 9.17) is 15.2 Å². The van der Waals surface area contributed by atoms with E-state index in [-0.39, 0.29) is 6.10 Å². The molecule has 1 heterocycles. The van der Waals surface area contributed by atoms with Gasteiger partial charge in [-0.25, -0.2) is 4.68 Å². The van der Waals surface area contributed by atoms with Gasteiger partial charge >= 0.3 is 0 Å². The summed E-state index contributed by atoms with van der Waals surface area (Å²) >= 11 is 0. The van der Waals surface area contributed by atoms with Gasteiger partial charge in [0.2, 0.25) is 5.88 Å². The molecule has 0 bridgehead atoms. The molecule has 1 aromatic carbocycles. The van der Waals surface area contributed by atoms with Gasteiger partial charge in [-0.3, -0.25) is 0 Å². The summed E-state index contributed by atoms with van der Waals surface area (Å²) in [5, 5.41) is 4.23. The molecule has 0 aliphatic heterocycles. The Labute approximate surface area is 112 Å². The highest BCUT2D eigenvalue weighted by Crippen LogP contribution is 2.34. The van der Waals surface area contributed by atoms with Crippen molar-refractivity contribution in [2.24, 2.45) is 7.05 Å². The van der Waals surface area contributed by atoms with Crippen molar-refractivity contribution in [1.82, 2.24) is 9.78 Å². The zero-order valence-electron chi connectivity index (χ0n) is 11.7. The minimum absolute atomic E-state index is 0.0662. The van der Waals surface area contributed by atoms with Crippen molar-refractivity contribution in [2.75, 3.05) is 5.73 Å². The highest BCUT2D eigenvalue weighted by Gasteiger charge is 2.11. The summed E-state index contributed by atoms with van der Waals surface area (Å²) in [4.78, 5) is 0. The van der Waals surface area contributed by atoms with E-state index in [2.05, 4.69) is 5.10 Å². The molecule has 0 aliphatic rings. The molecular weight excluding hydrogens is 242 g/mol. The Morgan fingerprint density at radius 3 is 2.53 bits per heavy atom. The third-order valence-electron chi connectivity index (χ3n) is 2.56. The highest BCUT2D eigenvalue weighted by atomic mass is 16.5. The SMILES string of the molecule is Cc1cc(Oc2cccc(OC(C)C)c2N)n(C)n1. The van der Waals surface area contributed by atoms with Gasteiger partial charge in [-0.1, -0.05) is 6.07 Å². The molecule has 2 rings (SSSR count). The Kier molecular flexibility index (Phi) is 3.64. The van der Waals surface area contributed by atoms with Gasteiger partial charge in [0, 0.05) is 13.1 Å². The summed E-state index contributed by atoms with van der Waals surface area (Å²) < 4.78 is 13.1. The number of hydrogen-bond donors (Lipinski definition) is 1. The standard InChI is InChI=1S/C14H19N3O2/c1-9(2)18-11-6-5-7-12(14(11)15)19-13-8-10(3)16-17(13)4/h5-9H,15H2,1-4H3. The third kappa shape index (κ3) is 2.99. The quantitative estimate of drug-likeness (QED) is 0.860. The summed E-state index contributed by atoms with van der Waals surface area (Å²) in [6.45, 7) is 5.82. The molecule has 0 spiro atoms. The molecule has 0 unspecified atom stereocenters. The number of para-hydroxylation sites is 1. The molecule has 5 heteroatoms. The maximum absolute atomic E-state index is 6.06. The largest absolute Gasteiger partial charge is 0.489 e. The second-order valence-electron chi connectivity index (χ2n) is 4.68. The van der Waals surface area contributed by atoms with E-state index < -0.39 is 0 Å². The molecule has 0 saturated heterocycles. The van der Waals surface area contributed by atoms with Crippen LogP contribution in [0.15, 0.2) is 24.3 Å². The number of nitrogen functional groups attached to an aromatic ring is 1. The van der Waals surface area contributed by atoms with Crippen LogP contribution in [0.4, 0.5) is 5.69 Å². The summed E-state index contributed by atoms with van der Waals surface area (Å²) in [5.41, 5.74) is 7.45. The van der Waals surface area contributed by atoms with Crippen LogP contribution in [0.1, 0.15) is 19.5 Å². The van der Waals surface area contributed by atoms with Crippen LogP contribution in [0.5, 0.6) is 17.4 Å². The number of nitrogens with zero attached hydrogens (tertiary/aromatic N) is 2. The average Bonchev–Trinajstić information content (AvgIpc) is 2.62. The van der Waals surface area contributed by atoms with Crippen molar-refractivity contribution < 1.29 is 9.47 Å². The summed E-state index contributed by atoms with van der Waals surface area (Å²) in [5.74, 6) is 1.85. The zero-order chi connectivity index (χ0) is 14.0. The Morgan fingerprint density at radius 2 is 1.95 bits per heavy atom. The van der Waals surface area contributed by atoms with E-state index in [1.54, 1.807) is 4.68 Å². The molecule has 2 aromatic rings. The molecule has 0 radical (unpaired) electrons. The van der Waals surface area contributed by atoms with Crippen molar-refractivity contribution in [3.8, 4) is 17.4 Å². The van der Waals surface area contributed by atoms with Gasteiger partial charge in [0.1, 0.15) is 11.4 Å². The fourth-order valence-corrected chi connectivity index (χ4v) is 1.76. The van der Waals surface area contributed by atoms with Gasteiger partial charge in [0.05, 0.1) is 11.8 Å². The number of anilines is 1. The van der Waals surface area contributed by atoms with Gasteiger partial charge < -0.3 is 15.2 Å². The zero-order valence-corrected chi connectivity index (χ0v) is 11.7. The van der Waals surface area contributed by atoms with E-state index in [0.717, 1.165) is 5.69 Å². The smallest absolute Gasteiger partial charge is 0.217 e. The van der Waals surface area contributed by atoms with Crippen molar-refractivity contribution >= 4 is 5.69 Å². The van der Waals surface area contributed by atoms with Crippen LogP contribution >= 0.6 is 0 Å². The van der Waals surface area contributed by atoms with Gasteiger partial charge in [0.25, 0.3) is 0 Å². The highest BCUT2D eigenvalue weighted by molar-refractivity contribution is 5.63. The van der Waals surface area contributed by atoms with E-state index in [1.165, 1.54) is 0 Å². The first kappa shape index (κ1) is 13.3. The predicted molar refractivity (Wildman–Crippen MR) is 74.6 cm³/mol. The number of aromatic nitrogens is 2. The van der Waals surface area contributed by atoms with Crippen LogP contribution in [0.2, 0.25) is 0 Å². The fourth-order valence-electron chi connectivity index (χ4n) is 1.76.